The average Bonchev–Trinajstić information content (AvgIpc) is 3.00. The Morgan fingerprint density at radius 3 is 2.70 bits per heavy atom. The van der Waals surface area contributed by atoms with Crippen LogP contribution in [0.5, 0.6) is 0 Å². The molecule has 0 spiro atoms. The number of carbonyl (C=O) groups excluding carboxylic acids is 1. The summed E-state index contributed by atoms with van der Waals surface area (Å²) in [5.74, 6) is 1.31. The van der Waals surface area contributed by atoms with E-state index in [-0.39, 0.29) is 11.8 Å². The molecule has 6 heteroatoms. The maximum Gasteiger partial charge on any atom is 0.225 e. The SMILES string of the molecule is Cc1cc(-c2cncnc2C2CCN(C(=O)C(C)C)CC2)on1. The molecule has 0 aromatic carbocycles. The standard InChI is InChI=1S/C17H22N4O2/c1-11(2)17(22)21-6-4-13(5-7-21)16-14(9-18-10-19-16)15-8-12(3)20-23-15/h8-11,13H,4-7H2,1-3H3. The number of amides is 1. The summed E-state index contributed by atoms with van der Waals surface area (Å²) in [7, 11) is 0. The van der Waals surface area contributed by atoms with Crippen LogP contribution in [0, 0.1) is 12.8 Å². The van der Waals surface area contributed by atoms with E-state index in [4.69, 9.17) is 4.52 Å². The molecule has 6 nitrogen and oxygen atoms in total. The molecular weight excluding hydrogens is 292 g/mol. The van der Waals surface area contributed by atoms with Crippen molar-refractivity contribution >= 4 is 5.91 Å². The lowest BCUT2D eigenvalue weighted by molar-refractivity contribution is -0.135. The van der Waals surface area contributed by atoms with E-state index in [1.165, 1.54) is 0 Å². The van der Waals surface area contributed by atoms with Gasteiger partial charge in [0.1, 0.15) is 6.33 Å². The highest BCUT2D eigenvalue weighted by molar-refractivity contribution is 5.78. The van der Waals surface area contributed by atoms with Crippen molar-refractivity contribution in [2.45, 2.75) is 39.5 Å². The zero-order valence-electron chi connectivity index (χ0n) is 13.8. The second kappa shape index (κ2) is 6.48. The minimum Gasteiger partial charge on any atom is -0.356 e. The Bertz CT molecular complexity index is 687. The maximum absolute atomic E-state index is 12.1. The molecule has 23 heavy (non-hydrogen) atoms. The third kappa shape index (κ3) is 3.25. The van der Waals surface area contributed by atoms with Crippen LogP contribution in [-0.4, -0.2) is 39.0 Å². The van der Waals surface area contributed by atoms with Crippen molar-refractivity contribution in [3.8, 4) is 11.3 Å². The van der Waals surface area contributed by atoms with Gasteiger partial charge in [0.15, 0.2) is 5.76 Å². The number of rotatable bonds is 3. The molecule has 1 saturated heterocycles. The van der Waals surface area contributed by atoms with Gasteiger partial charge in [-0.1, -0.05) is 19.0 Å². The Morgan fingerprint density at radius 1 is 1.35 bits per heavy atom. The van der Waals surface area contributed by atoms with Crippen molar-refractivity contribution in [1.29, 1.82) is 0 Å². The summed E-state index contributed by atoms with van der Waals surface area (Å²) in [6.45, 7) is 7.35. The average molecular weight is 314 g/mol. The molecule has 0 aliphatic carbocycles. The molecule has 1 amide bonds. The summed E-state index contributed by atoms with van der Waals surface area (Å²) in [6.07, 6.45) is 5.19. The molecule has 0 atom stereocenters. The molecule has 1 aliphatic rings. The van der Waals surface area contributed by atoms with Crippen LogP contribution in [0.4, 0.5) is 0 Å². The Morgan fingerprint density at radius 2 is 2.09 bits per heavy atom. The van der Waals surface area contributed by atoms with Gasteiger partial charge in [-0.3, -0.25) is 4.79 Å². The van der Waals surface area contributed by atoms with E-state index in [0.717, 1.165) is 42.9 Å². The van der Waals surface area contributed by atoms with Gasteiger partial charge in [0.25, 0.3) is 0 Å². The lowest BCUT2D eigenvalue weighted by atomic mass is 9.90. The number of carbonyl (C=O) groups is 1. The first-order chi connectivity index (χ1) is 11.1. The molecule has 3 rings (SSSR count). The first-order valence-corrected chi connectivity index (χ1v) is 8.08. The summed E-state index contributed by atoms with van der Waals surface area (Å²) in [5.41, 5.74) is 2.74. The minimum absolute atomic E-state index is 0.0540. The van der Waals surface area contributed by atoms with Crippen LogP contribution in [0.3, 0.4) is 0 Å². The first kappa shape index (κ1) is 15.6. The highest BCUT2D eigenvalue weighted by Crippen LogP contribution is 2.33. The normalized spacial score (nSPS) is 16.1. The largest absolute Gasteiger partial charge is 0.356 e. The van der Waals surface area contributed by atoms with Crippen molar-refractivity contribution in [3.63, 3.8) is 0 Å². The van der Waals surface area contributed by atoms with Gasteiger partial charge in [-0.05, 0) is 19.8 Å². The molecular formula is C17H22N4O2. The molecule has 3 heterocycles. The van der Waals surface area contributed by atoms with E-state index < -0.39 is 0 Å². The molecule has 0 saturated carbocycles. The van der Waals surface area contributed by atoms with E-state index in [2.05, 4.69) is 15.1 Å². The maximum atomic E-state index is 12.1. The van der Waals surface area contributed by atoms with Crippen molar-refractivity contribution < 1.29 is 9.32 Å². The lowest BCUT2D eigenvalue weighted by Crippen LogP contribution is -2.40. The number of aryl methyl sites for hydroxylation is 1. The topological polar surface area (TPSA) is 72.1 Å². The molecule has 2 aromatic rings. The van der Waals surface area contributed by atoms with Crippen molar-refractivity contribution in [1.82, 2.24) is 20.0 Å². The van der Waals surface area contributed by atoms with Crippen LogP contribution >= 0.6 is 0 Å². The Hall–Kier alpha value is -2.24. The lowest BCUT2D eigenvalue weighted by Gasteiger charge is -2.33. The Kier molecular flexibility index (Phi) is 4.41. The fourth-order valence-corrected chi connectivity index (χ4v) is 3.08. The highest BCUT2D eigenvalue weighted by atomic mass is 16.5. The number of aromatic nitrogens is 3. The smallest absolute Gasteiger partial charge is 0.225 e. The van der Waals surface area contributed by atoms with Crippen LogP contribution in [0.2, 0.25) is 0 Å². The molecule has 2 aromatic heterocycles. The first-order valence-electron chi connectivity index (χ1n) is 8.08. The van der Waals surface area contributed by atoms with Crippen LogP contribution in [-0.2, 0) is 4.79 Å². The van der Waals surface area contributed by atoms with Crippen LogP contribution in [0.1, 0.15) is 44.0 Å². The van der Waals surface area contributed by atoms with Gasteiger partial charge in [-0.25, -0.2) is 9.97 Å². The number of piperidine rings is 1. The third-order valence-corrected chi connectivity index (χ3v) is 4.32. The van der Waals surface area contributed by atoms with Gasteiger partial charge in [-0.15, -0.1) is 0 Å². The summed E-state index contributed by atoms with van der Waals surface area (Å²) in [5, 5.41) is 3.95. The molecule has 0 unspecified atom stereocenters. The van der Waals surface area contributed by atoms with E-state index in [1.807, 2.05) is 31.7 Å². The van der Waals surface area contributed by atoms with E-state index in [0.29, 0.717) is 11.7 Å². The van der Waals surface area contributed by atoms with Crippen molar-refractivity contribution in [2.24, 2.45) is 5.92 Å². The quantitative estimate of drug-likeness (QED) is 0.871. The van der Waals surface area contributed by atoms with Gasteiger partial charge in [0, 0.05) is 37.2 Å². The number of hydrogen-bond donors (Lipinski definition) is 0. The van der Waals surface area contributed by atoms with Crippen molar-refractivity contribution in [2.75, 3.05) is 13.1 Å². The van der Waals surface area contributed by atoms with Crippen LogP contribution < -0.4 is 0 Å². The Labute approximate surface area is 135 Å². The summed E-state index contributed by atoms with van der Waals surface area (Å²) >= 11 is 0. The summed E-state index contributed by atoms with van der Waals surface area (Å²) in [4.78, 5) is 22.7. The fraction of sp³-hybridized carbons (Fsp3) is 0.529. The molecule has 1 fully saturated rings. The second-order valence-corrected chi connectivity index (χ2v) is 6.41. The van der Waals surface area contributed by atoms with Crippen molar-refractivity contribution in [3.05, 3.63) is 30.0 Å². The molecule has 1 aliphatic heterocycles. The van der Waals surface area contributed by atoms with Gasteiger partial charge in [-0.2, -0.15) is 0 Å². The summed E-state index contributed by atoms with van der Waals surface area (Å²) in [6, 6.07) is 1.90. The Balaban J connectivity index is 1.78. The third-order valence-electron chi connectivity index (χ3n) is 4.32. The van der Waals surface area contributed by atoms with E-state index in [9.17, 15) is 4.79 Å². The van der Waals surface area contributed by atoms with Gasteiger partial charge < -0.3 is 9.42 Å². The van der Waals surface area contributed by atoms with Gasteiger partial charge in [0.2, 0.25) is 5.91 Å². The summed E-state index contributed by atoms with van der Waals surface area (Å²) < 4.78 is 5.38. The van der Waals surface area contributed by atoms with E-state index in [1.54, 1.807) is 12.5 Å². The zero-order valence-corrected chi connectivity index (χ0v) is 13.8. The molecule has 0 N–H and O–H groups in total. The number of hydrogen-bond acceptors (Lipinski definition) is 5. The zero-order chi connectivity index (χ0) is 16.4. The highest BCUT2D eigenvalue weighted by Gasteiger charge is 2.28. The molecule has 0 radical (unpaired) electrons. The van der Waals surface area contributed by atoms with Gasteiger partial charge >= 0.3 is 0 Å². The monoisotopic (exact) mass is 314 g/mol. The van der Waals surface area contributed by atoms with Crippen LogP contribution in [0.25, 0.3) is 11.3 Å². The second-order valence-electron chi connectivity index (χ2n) is 6.41. The van der Waals surface area contributed by atoms with Gasteiger partial charge in [0.05, 0.1) is 17.0 Å². The van der Waals surface area contributed by atoms with E-state index >= 15 is 0 Å². The number of nitrogens with zero attached hydrogens (tertiary/aromatic N) is 4. The predicted octanol–water partition coefficient (Wildman–Crippen LogP) is 2.80. The number of likely N-dealkylation sites (tertiary alicyclic amines) is 1. The van der Waals surface area contributed by atoms with Crippen LogP contribution in [0.15, 0.2) is 23.1 Å². The minimum atomic E-state index is 0.0540. The molecule has 122 valence electrons. The fourth-order valence-electron chi connectivity index (χ4n) is 3.08. The predicted molar refractivity (Wildman–Crippen MR) is 85.7 cm³/mol. The molecule has 0 bridgehead atoms.